The minimum absolute atomic E-state index is 0.270. The molecule has 7 nitrogen and oxygen atoms in total. The van der Waals surface area contributed by atoms with Crippen molar-refractivity contribution >= 4 is 63.2 Å². The number of aromatic nitrogens is 2. The second-order valence-electron chi connectivity index (χ2n) is 18.2. The molecular weight excluding hydrogens is 901 g/mol. The fraction of sp³-hybridized carbons (Fsp3) is 0.213. The average Bonchev–Trinajstić information content (AvgIpc) is 4.22. The molecule has 3 heterocycles. The normalized spacial score (nSPS) is 12.7. The summed E-state index contributed by atoms with van der Waals surface area (Å²) in [5, 5.41) is 18.8. The fourth-order valence-corrected chi connectivity index (χ4v) is 12.1. The van der Waals surface area contributed by atoms with Gasteiger partial charge < -0.3 is 14.4 Å². The highest BCUT2D eigenvalue weighted by molar-refractivity contribution is 7.19. The van der Waals surface area contributed by atoms with Crippen LogP contribution < -0.4 is 4.90 Å². The third-order valence-corrected chi connectivity index (χ3v) is 15.4. The Morgan fingerprint density at radius 1 is 0.643 bits per heavy atom. The smallest absolute Gasteiger partial charge is 0.346 e. The number of furan rings is 1. The molecule has 0 spiro atoms. The Bertz CT molecular complexity index is 3250. The molecule has 1 aliphatic rings. The van der Waals surface area contributed by atoms with Crippen LogP contribution in [0.2, 0.25) is 0 Å². The lowest BCUT2D eigenvalue weighted by Crippen LogP contribution is -2.28. The van der Waals surface area contributed by atoms with E-state index in [0.29, 0.717) is 11.3 Å². The second-order valence-corrected chi connectivity index (χ2v) is 19.7. The molecule has 0 unspecified atom stereocenters. The minimum Gasteiger partial charge on any atom is -0.477 e. The standard InChI is InChI=1S/C61H54N4O3S2/c1-3-5-7-11-17-41-23-27-44(28-24-41)61(45-29-25-42(26-30-45)18-12-8-6-4-2)53-38-48(65(46-19-13-9-14-20-46)47-21-15-10-16-22-47)31-33-50(53)59-54(61)39-56(69-59)52-35-34-51(57-58(52)64-70-63-57)55-36-32-49(68-55)37-43(40-62)60(66)67/h9-10,13-16,19-39H,3-8,11-12,17-18H2,1-2H3,(H,66,67). The maximum Gasteiger partial charge on any atom is 0.346 e. The highest BCUT2D eigenvalue weighted by Gasteiger charge is 2.48. The van der Waals surface area contributed by atoms with Gasteiger partial charge in [-0.2, -0.15) is 14.0 Å². The summed E-state index contributed by atoms with van der Waals surface area (Å²) in [6.45, 7) is 4.53. The van der Waals surface area contributed by atoms with Crippen molar-refractivity contribution in [3.05, 3.63) is 202 Å². The first kappa shape index (κ1) is 46.4. The number of carboxylic acids is 1. The van der Waals surface area contributed by atoms with Gasteiger partial charge in [-0.05, 0) is 125 Å². The molecule has 0 atom stereocenters. The first-order chi connectivity index (χ1) is 34.4. The van der Waals surface area contributed by atoms with Crippen LogP contribution in [0.3, 0.4) is 0 Å². The van der Waals surface area contributed by atoms with E-state index >= 15 is 0 Å². The van der Waals surface area contributed by atoms with Gasteiger partial charge in [0.1, 0.15) is 34.2 Å². The summed E-state index contributed by atoms with van der Waals surface area (Å²) in [5.41, 5.74) is 14.3. The number of hydrogen-bond acceptors (Lipinski definition) is 8. The molecule has 0 amide bonds. The number of para-hydroxylation sites is 2. The molecule has 1 aliphatic carbocycles. The lowest BCUT2D eigenvalue weighted by atomic mass is 9.67. The minimum atomic E-state index is -1.31. The number of aryl methyl sites for hydroxylation is 2. The van der Waals surface area contributed by atoms with Crippen molar-refractivity contribution in [2.75, 3.05) is 4.90 Å². The van der Waals surface area contributed by atoms with Crippen molar-refractivity contribution in [1.82, 2.24) is 8.75 Å². The number of unbranched alkanes of at least 4 members (excludes halogenated alkanes) is 6. The predicted octanol–water partition coefficient (Wildman–Crippen LogP) is 16.7. The molecule has 0 saturated carbocycles. The zero-order chi connectivity index (χ0) is 48.0. The van der Waals surface area contributed by atoms with Crippen LogP contribution in [0.5, 0.6) is 0 Å². The molecule has 0 saturated heterocycles. The third kappa shape index (κ3) is 8.90. The van der Waals surface area contributed by atoms with Crippen LogP contribution in [-0.2, 0) is 23.1 Å². The van der Waals surface area contributed by atoms with E-state index in [1.807, 2.05) is 6.07 Å². The van der Waals surface area contributed by atoms with E-state index in [1.165, 1.54) is 101 Å². The summed E-state index contributed by atoms with van der Waals surface area (Å²) in [5.74, 6) is -0.526. The zero-order valence-corrected chi connectivity index (χ0v) is 41.2. The van der Waals surface area contributed by atoms with Gasteiger partial charge in [-0.15, -0.1) is 11.3 Å². The Balaban J connectivity index is 1.16. The van der Waals surface area contributed by atoms with Crippen LogP contribution in [0.1, 0.15) is 104 Å². The topological polar surface area (TPSA) is 103 Å². The van der Waals surface area contributed by atoms with Gasteiger partial charge in [0, 0.05) is 44.0 Å². The highest BCUT2D eigenvalue weighted by Crippen LogP contribution is 2.61. The van der Waals surface area contributed by atoms with Crippen molar-refractivity contribution in [1.29, 1.82) is 5.26 Å². The number of thiophene rings is 1. The number of rotatable bonds is 19. The van der Waals surface area contributed by atoms with Crippen molar-refractivity contribution in [2.24, 2.45) is 0 Å². The van der Waals surface area contributed by atoms with Gasteiger partial charge in [-0.3, -0.25) is 0 Å². The monoisotopic (exact) mass is 954 g/mol. The molecule has 6 aromatic carbocycles. The van der Waals surface area contributed by atoms with E-state index in [4.69, 9.17) is 13.2 Å². The molecule has 0 fully saturated rings. The van der Waals surface area contributed by atoms with E-state index in [0.717, 1.165) is 63.2 Å². The molecule has 70 heavy (non-hydrogen) atoms. The Labute approximate surface area is 418 Å². The Hall–Kier alpha value is -7.38. The Kier molecular flexibility index (Phi) is 13.7. The summed E-state index contributed by atoms with van der Waals surface area (Å²) < 4.78 is 15.8. The molecule has 9 aromatic rings. The summed E-state index contributed by atoms with van der Waals surface area (Å²) in [7, 11) is 0. The maximum atomic E-state index is 11.6. The molecule has 10 rings (SSSR count). The number of hydrogen-bond donors (Lipinski definition) is 1. The number of fused-ring (bicyclic) bond motifs is 4. The molecule has 0 bridgehead atoms. The SMILES string of the molecule is CCCCCCc1ccc(C2(c3ccc(CCCCCC)cc3)c3cc(N(c4ccccc4)c4ccccc4)ccc3-c3sc(-c4ccc(-c5ccc(C=C(C#N)C(=O)O)o5)c5nsnc45)cc32)cc1. The van der Waals surface area contributed by atoms with Crippen LogP contribution in [0.4, 0.5) is 17.1 Å². The number of anilines is 3. The van der Waals surface area contributed by atoms with E-state index < -0.39 is 17.0 Å². The Morgan fingerprint density at radius 2 is 1.21 bits per heavy atom. The molecule has 3 aromatic heterocycles. The van der Waals surface area contributed by atoms with Gasteiger partial charge in [0.2, 0.25) is 0 Å². The van der Waals surface area contributed by atoms with Gasteiger partial charge in [0.25, 0.3) is 0 Å². The number of carbonyl (C=O) groups is 1. The maximum absolute atomic E-state index is 11.6. The second kappa shape index (κ2) is 20.7. The van der Waals surface area contributed by atoms with Gasteiger partial charge in [0.05, 0.1) is 17.1 Å². The molecule has 348 valence electrons. The predicted molar refractivity (Wildman–Crippen MR) is 287 cm³/mol. The molecule has 9 heteroatoms. The number of nitrogens with zero attached hydrogens (tertiary/aromatic N) is 4. The van der Waals surface area contributed by atoms with Crippen LogP contribution in [0.25, 0.3) is 49.3 Å². The fourth-order valence-electron chi connectivity index (χ4n) is 10.2. The number of benzene rings is 6. The van der Waals surface area contributed by atoms with Crippen LogP contribution in [-0.4, -0.2) is 19.8 Å². The van der Waals surface area contributed by atoms with Crippen LogP contribution in [0, 0.1) is 11.3 Å². The van der Waals surface area contributed by atoms with Gasteiger partial charge >= 0.3 is 5.97 Å². The van der Waals surface area contributed by atoms with Crippen LogP contribution in [0.15, 0.2) is 168 Å². The van der Waals surface area contributed by atoms with E-state index in [1.54, 1.807) is 29.5 Å². The van der Waals surface area contributed by atoms with Gasteiger partial charge in [-0.1, -0.05) is 149 Å². The van der Waals surface area contributed by atoms with E-state index in [9.17, 15) is 15.2 Å². The van der Waals surface area contributed by atoms with E-state index in [2.05, 4.69) is 158 Å². The van der Waals surface area contributed by atoms with Crippen molar-refractivity contribution in [3.8, 4) is 38.3 Å². The van der Waals surface area contributed by atoms with Gasteiger partial charge in [-0.25, -0.2) is 4.79 Å². The van der Waals surface area contributed by atoms with Gasteiger partial charge in [0.15, 0.2) is 0 Å². The first-order valence-electron chi connectivity index (χ1n) is 24.5. The van der Waals surface area contributed by atoms with E-state index in [-0.39, 0.29) is 5.76 Å². The average molecular weight is 955 g/mol. The van der Waals surface area contributed by atoms with Crippen molar-refractivity contribution in [3.63, 3.8) is 0 Å². The molecule has 0 aliphatic heterocycles. The van der Waals surface area contributed by atoms with Crippen molar-refractivity contribution in [2.45, 2.75) is 83.5 Å². The summed E-state index contributed by atoms with van der Waals surface area (Å²) in [6.07, 6.45) is 13.1. The molecule has 0 radical (unpaired) electrons. The zero-order valence-electron chi connectivity index (χ0n) is 39.5. The molecule has 1 N–H and O–H groups in total. The number of aliphatic carboxylic acids is 1. The first-order valence-corrected chi connectivity index (χ1v) is 26.0. The number of carboxylic acid groups (broad SMARTS) is 1. The highest BCUT2D eigenvalue weighted by atomic mass is 32.1. The van der Waals surface area contributed by atoms with Crippen molar-refractivity contribution < 1.29 is 14.3 Å². The quantitative estimate of drug-likeness (QED) is 0.0489. The van der Waals surface area contributed by atoms with Crippen LogP contribution >= 0.6 is 23.1 Å². The number of nitriles is 1. The third-order valence-electron chi connectivity index (χ3n) is 13.7. The molecular formula is C61H54N4O3S2. The summed E-state index contributed by atoms with van der Waals surface area (Å²) >= 11 is 2.95. The Morgan fingerprint density at radius 3 is 1.79 bits per heavy atom. The lowest BCUT2D eigenvalue weighted by Gasteiger charge is -2.35. The largest absolute Gasteiger partial charge is 0.477 e. The summed E-state index contributed by atoms with van der Waals surface area (Å²) in [4.78, 5) is 16.3. The summed E-state index contributed by atoms with van der Waals surface area (Å²) in [6, 6.07) is 59.0. The lowest BCUT2D eigenvalue weighted by molar-refractivity contribution is -0.132.